The van der Waals surface area contributed by atoms with Gasteiger partial charge in [-0.1, -0.05) is 0 Å². The van der Waals surface area contributed by atoms with Gasteiger partial charge in [-0.2, -0.15) is 0 Å². The van der Waals surface area contributed by atoms with Gasteiger partial charge in [-0.25, -0.2) is 4.98 Å². The summed E-state index contributed by atoms with van der Waals surface area (Å²) in [6.45, 7) is 0.676. The van der Waals surface area contributed by atoms with Crippen LogP contribution < -0.4 is 5.73 Å². The second kappa shape index (κ2) is 3.72. The fraction of sp³-hybridized carbons (Fsp3) is 0.222. The van der Waals surface area contributed by atoms with Crippen LogP contribution in [0.5, 0.6) is 0 Å². The molecule has 0 bridgehead atoms. The molecular formula is C9H11N3S. The quantitative estimate of drug-likeness (QED) is 0.801. The van der Waals surface area contributed by atoms with E-state index in [1.807, 2.05) is 23.8 Å². The summed E-state index contributed by atoms with van der Waals surface area (Å²) in [5.41, 5.74) is 6.73. The van der Waals surface area contributed by atoms with Crippen molar-refractivity contribution in [1.82, 2.24) is 9.55 Å². The molecule has 2 heterocycles. The van der Waals surface area contributed by atoms with Crippen molar-refractivity contribution in [1.29, 1.82) is 0 Å². The first kappa shape index (κ1) is 8.47. The molecule has 2 N–H and O–H groups in total. The minimum Gasteiger partial charge on any atom is -0.330 e. The van der Waals surface area contributed by atoms with Crippen LogP contribution in [0.2, 0.25) is 0 Å². The molecule has 0 atom stereocenters. The predicted octanol–water partition coefficient (Wildman–Crippen LogP) is 1.44. The molecule has 2 aromatic rings. The van der Waals surface area contributed by atoms with Gasteiger partial charge in [-0.15, -0.1) is 11.3 Å². The normalized spacial score (nSPS) is 10.5. The van der Waals surface area contributed by atoms with Crippen molar-refractivity contribution in [3.05, 3.63) is 35.6 Å². The molecule has 3 nitrogen and oxygen atoms in total. The van der Waals surface area contributed by atoms with E-state index in [4.69, 9.17) is 5.73 Å². The molecule has 0 aliphatic rings. The number of thiazole rings is 1. The van der Waals surface area contributed by atoms with Crippen LogP contribution in [-0.2, 0) is 6.42 Å². The first-order valence-corrected chi connectivity index (χ1v) is 5.06. The second-order valence-electron chi connectivity index (χ2n) is 2.72. The number of nitrogens with zero attached hydrogens (tertiary/aromatic N) is 2. The summed E-state index contributed by atoms with van der Waals surface area (Å²) in [6, 6.07) is 4.10. The summed E-state index contributed by atoms with van der Waals surface area (Å²) >= 11 is 1.63. The molecule has 0 fully saturated rings. The molecule has 68 valence electrons. The number of nitrogens with two attached hydrogens (primary N) is 1. The van der Waals surface area contributed by atoms with Gasteiger partial charge in [-0.05, 0) is 18.7 Å². The summed E-state index contributed by atoms with van der Waals surface area (Å²) in [7, 11) is 0. The Hall–Kier alpha value is -1.13. The smallest absolute Gasteiger partial charge is 0.193 e. The summed E-state index contributed by atoms with van der Waals surface area (Å²) in [6.07, 6.45) is 4.72. The molecule has 0 spiro atoms. The maximum absolute atomic E-state index is 5.51. The Morgan fingerprint density at radius 3 is 3.15 bits per heavy atom. The number of hydrogen-bond donors (Lipinski definition) is 1. The van der Waals surface area contributed by atoms with Crippen LogP contribution in [0, 0.1) is 0 Å². The van der Waals surface area contributed by atoms with E-state index in [9.17, 15) is 0 Å². The molecule has 2 aromatic heterocycles. The predicted molar refractivity (Wildman–Crippen MR) is 54.2 cm³/mol. The highest BCUT2D eigenvalue weighted by Crippen LogP contribution is 2.14. The maximum atomic E-state index is 5.51. The Morgan fingerprint density at radius 1 is 1.54 bits per heavy atom. The van der Waals surface area contributed by atoms with Gasteiger partial charge in [-0.3, -0.25) is 4.57 Å². The third-order valence-corrected chi connectivity index (χ3v) is 2.63. The Labute approximate surface area is 80.8 Å². The molecule has 4 heteroatoms. The first-order chi connectivity index (χ1) is 6.42. The van der Waals surface area contributed by atoms with Crippen molar-refractivity contribution in [2.24, 2.45) is 5.73 Å². The molecular weight excluding hydrogens is 182 g/mol. The summed E-state index contributed by atoms with van der Waals surface area (Å²) in [5, 5.41) is 2.98. The van der Waals surface area contributed by atoms with Crippen molar-refractivity contribution >= 4 is 11.3 Å². The molecule has 0 saturated heterocycles. The van der Waals surface area contributed by atoms with Crippen molar-refractivity contribution in [2.45, 2.75) is 6.42 Å². The summed E-state index contributed by atoms with van der Waals surface area (Å²) in [5.74, 6) is 0. The van der Waals surface area contributed by atoms with Crippen molar-refractivity contribution in [2.75, 3.05) is 6.54 Å². The van der Waals surface area contributed by atoms with Crippen molar-refractivity contribution in [3.8, 4) is 5.13 Å². The van der Waals surface area contributed by atoms with Crippen molar-refractivity contribution in [3.63, 3.8) is 0 Å². The third kappa shape index (κ3) is 1.64. The number of hydrogen-bond acceptors (Lipinski definition) is 3. The third-order valence-electron chi connectivity index (χ3n) is 1.86. The average molecular weight is 193 g/mol. The van der Waals surface area contributed by atoms with Crippen LogP contribution in [0.15, 0.2) is 29.9 Å². The van der Waals surface area contributed by atoms with E-state index in [0.29, 0.717) is 6.54 Å². The Morgan fingerprint density at radius 2 is 2.46 bits per heavy atom. The van der Waals surface area contributed by atoms with Gasteiger partial charge in [0.25, 0.3) is 0 Å². The minimum atomic E-state index is 0.676. The Kier molecular flexibility index (Phi) is 2.42. The molecule has 13 heavy (non-hydrogen) atoms. The minimum absolute atomic E-state index is 0.676. The van der Waals surface area contributed by atoms with E-state index in [-0.39, 0.29) is 0 Å². The van der Waals surface area contributed by atoms with Gasteiger partial charge >= 0.3 is 0 Å². The van der Waals surface area contributed by atoms with E-state index < -0.39 is 0 Å². The summed E-state index contributed by atoms with van der Waals surface area (Å²) < 4.78 is 2.08. The zero-order chi connectivity index (χ0) is 9.10. The second-order valence-corrected chi connectivity index (χ2v) is 3.60. The van der Waals surface area contributed by atoms with Crippen molar-refractivity contribution < 1.29 is 0 Å². The van der Waals surface area contributed by atoms with Gasteiger partial charge < -0.3 is 5.73 Å². The van der Waals surface area contributed by atoms with Crippen LogP contribution in [-0.4, -0.2) is 16.1 Å². The van der Waals surface area contributed by atoms with E-state index in [2.05, 4.69) is 15.6 Å². The lowest BCUT2D eigenvalue weighted by Gasteiger charge is -2.03. The van der Waals surface area contributed by atoms with E-state index in [0.717, 1.165) is 11.6 Å². The van der Waals surface area contributed by atoms with E-state index in [1.165, 1.54) is 5.69 Å². The van der Waals surface area contributed by atoms with Gasteiger partial charge in [0.15, 0.2) is 5.13 Å². The zero-order valence-electron chi connectivity index (χ0n) is 7.18. The molecule has 0 aliphatic heterocycles. The lowest BCUT2D eigenvalue weighted by Crippen LogP contribution is -2.07. The van der Waals surface area contributed by atoms with Crippen LogP contribution in [0.3, 0.4) is 0 Å². The van der Waals surface area contributed by atoms with E-state index in [1.54, 1.807) is 11.3 Å². The monoisotopic (exact) mass is 193 g/mol. The van der Waals surface area contributed by atoms with Crippen LogP contribution in [0.1, 0.15) is 5.69 Å². The topological polar surface area (TPSA) is 43.8 Å². The highest BCUT2D eigenvalue weighted by Gasteiger charge is 2.03. The first-order valence-electron chi connectivity index (χ1n) is 4.18. The molecule has 0 amide bonds. The SMILES string of the molecule is NCCc1cccn1-c1nccs1. The highest BCUT2D eigenvalue weighted by molar-refractivity contribution is 7.12. The number of rotatable bonds is 3. The highest BCUT2D eigenvalue weighted by atomic mass is 32.1. The van der Waals surface area contributed by atoms with Gasteiger partial charge in [0, 0.05) is 29.9 Å². The lowest BCUT2D eigenvalue weighted by molar-refractivity contribution is 0.869. The molecule has 0 radical (unpaired) electrons. The molecule has 0 aliphatic carbocycles. The molecule has 0 unspecified atom stereocenters. The lowest BCUT2D eigenvalue weighted by atomic mass is 10.3. The fourth-order valence-corrected chi connectivity index (χ4v) is 1.95. The van der Waals surface area contributed by atoms with Crippen LogP contribution in [0.25, 0.3) is 5.13 Å². The molecule has 0 saturated carbocycles. The standard InChI is InChI=1S/C9H11N3S/c10-4-3-8-2-1-6-12(8)9-11-5-7-13-9/h1-2,5-7H,3-4,10H2. The van der Waals surface area contributed by atoms with Gasteiger partial charge in [0.05, 0.1) is 0 Å². The average Bonchev–Trinajstić information content (AvgIpc) is 2.71. The molecule has 2 rings (SSSR count). The Bertz CT molecular complexity index is 364. The number of aromatic nitrogens is 2. The largest absolute Gasteiger partial charge is 0.330 e. The Balaban J connectivity index is 2.35. The fourth-order valence-electron chi connectivity index (χ4n) is 1.29. The van der Waals surface area contributed by atoms with E-state index >= 15 is 0 Å². The molecule has 0 aromatic carbocycles. The summed E-state index contributed by atoms with van der Waals surface area (Å²) in [4.78, 5) is 4.24. The van der Waals surface area contributed by atoms with Crippen LogP contribution in [0.4, 0.5) is 0 Å². The van der Waals surface area contributed by atoms with Gasteiger partial charge in [0.1, 0.15) is 0 Å². The maximum Gasteiger partial charge on any atom is 0.193 e. The zero-order valence-corrected chi connectivity index (χ0v) is 8.00. The van der Waals surface area contributed by atoms with Gasteiger partial charge in [0.2, 0.25) is 0 Å². The van der Waals surface area contributed by atoms with Crippen LogP contribution >= 0.6 is 11.3 Å².